The van der Waals surface area contributed by atoms with Crippen LogP contribution < -0.4 is 10.1 Å². The molecular weight excluding hydrogens is 327 g/mol. The van der Waals surface area contributed by atoms with Crippen LogP contribution in [-0.4, -0.2) is 39.1 Å². The Balaban J connectivity index is 1.95. The van der Waals surface area contributed by atoms with E-state index in [9.17, 15) is 13.2 Å². The Bertz CT molecular complexity index is 357. The molecule has 7 heteroatoms. The van der Waals surface area contributed by atoms with Crippen LogP contribution in [0.3, 0.4) is 0 Å². The summed E-state index contributed by atoms with van der Waals surface area (Å²) in [5.41, 5.74) is 0. The van der Waals surface area contributed by atoms with Crippen LogP contribution in [0.15, 0.2) is 28.7 Å². The van der Waals surface area contributed by atoms with Crippen molar-refractivity contribution in [2.75, 3.05) is 32.9 Å². The molecule has 0 aliphatic carbocycles. The van der Waals surface area contributed by atoms with Gasteiger partial charge in [0.25, 0.3) is 0 Å². The summed E-state index contributed by atoms with van der Waals surface area (Å²) in [6, 6.07) is 7.40. The van der Waals surface area contributed by atoms with Gasteiger partial charge in [-0.25, -0.2) is 0 Å². The van der Waals surface area contributed by atoms with Crippen LogP contribution in [0.2, 0.25) is 0 Å². The first kappa shape index (κ1) is 16.3. The fourth-order valence-corrected chi connectivity index (χ4v) is 1.49. The van der Waals surface area contributed by atoms with Crippen LogP contribution in [-0.2, 0) is 4.74 Å². The molecule has 0 heterocycles. The van der Waals surface area contributed by atoms with Crippen molar-refractivity contribution in [2.24, 2.45) is 0 Å². The van der Waals surface area contributed by atoms with E-state index in [0.29, 0.717) is 19.7 Å². The van der Waals surface area contributed by atoms with Gasteiger partial charge < -0.3 is 14.8 Å². The van der Waals surface area contributed by atoms with Crippen molar-refractivity contribution in [1.29, 1.82) is 0 Å². The third kappa shape index (κ3) is 8.85. The molecule has 0 saturated carbocycles. The molecule has 1 N–H and O–H groups in total. The molecule has 19 heavy (non-hydrogen) atoms. The number of alkyl halides is 3. The van der Waals surface area contributed by atoms with Gasteiger partial charge in [0.2, 0.25) is 0 Å². The summed E-state index contributed by atoms with van der Waals surface area (Å²) in [5.74, 6) is 0.748. The van der Waals surface area contributed by atoms with Gasteiger partial charge in [-0.2, -0.15) is 13.2 Å². The highest BCUT2D eigenvalue weighted by Crippen LogP contribution is 2.15. The summed E-state index contributed by atoms with van der Waals surface area (Å²) in [6.07, 6.45) is -4.26. The lowest BCUT2D eigenvalue weighted by molar-refractivity contribution is -0.173. The van der Waals surface area contributed by atoms with Crippen LogP contribution >= 0.6 is 15.9 Å². The second kappa shape index (κ2) is 8.39. The Morgan fingerprint density at radius 1 is 1.05 bits per heavy atom. The summed E-state index contributed by atoms with van der Waals surface area (Å²) in [7, 11) is 0. The lowest BCUT2D eigenvalue weighted by Gasteiger charge is -2.09. The molecule has 0 bridgehead atoms. The van der Waals surface area contributed by atoms with Crippen molar-refractivity contribution in [3.8, 4) is 5.75 Å². The summed E-state index contributed by atoms with van der Waals surface area (Å²) < 4.78 is 46.0. The van der Waals surface area contributed by atoms with Crippen LogP contribution in [0.1, 0.15) is 0 Å². The minimum absolute atomic E-state index is 0.0256. The summed E-state index contributed by atoms with van der Waals surface area (Å²) in [4.78, 5) is 0. The van der Waals surface area contributed by atoms with E-state index < -0.39 is 12.8 Å². The first-order valence-corrected chi connectivity index (χ1v) is 6.50. The topological polar surface area (TPSA) is 30.5 Å². The maximum absolute atomic E-state index is 11.7. The van der Waals surface area contributed by atoms with Crippen molar-refractivity contribution in [3.05, 3.63) is 28.7 Å². The number of benzene rings is 1. The average Bonchev–Trinajstić information content (AvgIpc) is 2.33. The third-order valence-corrected chi connectivity index (χ3v) is 2.58. The van der Waals surface area contributed by atoms with Crippen LogP contribution in [0.5, 0.6) is 5.75 Å². The minimum atomic E-state index is -4.26. The standard InChI is InChI=1S/C12H15BrF3NO2/c13-10-1-3-11(4-2-10)19-8-6-17-5-7-18-9-12(14,15)16/h1-4,17H,5-9H2. The fourth-order valence-electron chi connectivity index (χ4n) is 1.23. The Labute approximate surface area is 118 Å². The highest BCUT2D eigenvalue weighted by Gasteiger charge is 2.27. The van der Waals surface area contributed by atoms with Crippen molar-refractivity contribution >= 4 is 15.9 Å². The SMILES string of the molecule is FC(F)(F)COCCNCCOc1ccc(Br)cc1. The maximum Gasteiger partial charge on any atom is 0.411 e. The average molecular weight is 342 g/mol. The van der Waals surface area contributed by atoms with Gasteiger partial charge in [0, 0.05) is 17.6 Å². The summed E-state index contributed by atoms with van der Waals surface area (Å²) in [6.45, 7) is 0.175. The van der Waals surface area contributed by atoms with E-state index in [2.05, 4.69) is 26.0 Å². The van der Waals surface area contributed by atoms with Crippen molar-refractivity contribution in [3.63, 3.8) is 0 Å². The molecular formula is C12H15BrF3NO2. The molecule has 0 aliphatic rings. The largest absolute Gasteiger partial charge is 0.492 e. The molecule has 0 aromatic heterocycles. The zero-order chi connectivity index (χ0) is 14.1. The molecule has 0 fully saturated rings. The third-order valence-electron chi connectivity index (χ3n) is 2.05. The maximum atomic E-state index is 11.7. The Morgan fingerprint density at radius 2 is 1.68 bits per heavy atom. The molecule has 0 atom stereocenters. The Kier molecular flexibility index (Phi) is 7.19. The van der Waals surface area contributed by atoms with Gasteiger partial charge in [0.15, 0.2) is 0 Å². The molecule has 0 aliphatic heterocycles. The van der Waals surface area contributed by atoms with Gasteiger partial charge in [0.1, 0.15) is 19.0 Å². The Morgan fingerprint density at radius 3 is 2.32 bits per heavy atom. The van der Waals surface area contributed by atoms with E-state index >= 15 is 0 Å². The number of hydrogen-bond donors (Lipinski definition) is 1. The monoisotopic (exact) mass is 341 g/mol. The van der Waals surface area contributed by atoms with Crippen molar-refractivity contribution in [1.82, 2.24) is 5.32 Å². The van der Waals surface area contributed by atoms with E-state index in [-0.39, 0.29) is 6.61 Å². The number of ether oxygens (including phenoxy) is 2. The lowest BCUT2D eigenvalue weighted by Crippen LogP contribution is -2.27. The number of rotatable bonds is 8. The van der Waals surface area contributed by atoms with E-state index in [1.54, 1.807) is 0 Å². The highest BCUT2D eigenvalue weighted by atomic mass is 79.9. The highest BCUT2D eigenvalue weighted by molar-refractivity contribution is 9.10. The Hall–Kier alpha value is -0.790. The molecule has 1 aromatic rings. The molecule has 0 saturated heterocycles. The van der Waals surface area contributed by atoms with Crippen LogP contribution in [0.25, 0.3) is 0 Å². The van der Waals surface area contributed by atoms with Gasteiger partial charge in [0.05, 0.1) is 6.61 Å². The second-order valence-electron chi connectivity index (χ2n) is 3.72. The van der Waals surface area contributed by atoms with Gasteiger partial charge in [-0.1, -0.05) is 15.9 Å². The molecule has 0 radical (unpaired) electrons. The van der Waals surface area contributed by atoms with Gasteiger partial charge >= 0.3 is 6.18 Å². The summed E-state index contributed by atoms with van der Waals surface area (Å²) >= 11 is 3.31. The molecule has 1 aromatic carbocycles. The summed E-state index contributed by atoms with van der Waals surface area (Å²) in [5, 5.41) is 2.93. The van der Waals surface area contributed by atoms with Crippen LogP contribution in [0, 0.1) is 0 Å². The molecule has 0 amide bonds. The fraction of sp³-hybridized carbons (Fsp3) is 0.500. The van der Waals surface area contributed by atoms with Crippen molar-refractivity contribution in [2.45, 2.75) is 6.18 Å². The van der Waals surface area contributed by atoms with Gasteiger partial charge in [-0.15, -0.1) is 0 Å². The predicted molar refractivity (Wildman–Crippen MR) is 69.4 cm³/mol. The second-order valence-corrected chi connectivity index (χ2v) is 4.64. The minimum Gasteiger partial charge on any atom is -0.492 e. The van der Waals surface area contributed by atoms with Gasteiger partial charge in [-0.05, 0) is 24.3 Å². The zero-order valence-corrected chi connectivity index (χ0v) is 11.8. The number of halogens is 4. The first-order valence-electron chi connectivity index (χ1n) is 5.71. The lowest BCUT2D eigenvalue weighted by atomic mass is 10.3. The number of nitrogens with one attached hydrogen (secondary N) is 1. The van der Waals surface area contributed by atoms with Crippen molar-refractivity contribution < 1.29 is 22.6 Å². The molecule has 108 valence electrons. The molecule has 0 spiro atoms. The normalized spacial score (nSPS) is 11.6. The molecule has 3 nitrogen and oxygen atoms in total. The van der Waals surface area contributed by atoms with E-state index in [0.717, 1.165) is 10.2 Å². The smallest absolute Gasteiger partial charge is 0.411 e. The quantitative estimate of drug-likeness (QED) is 0.737. The molecule has 1 rings (SSSR count). The zero-order valence-electron chi connectivity index (χ0n) is 10.2. The van der Waals surface area contributed by atoms with E-state index in [1.165, 1.54) is 0 Å². The predicted octanol–water partition coefficient (Wildman–Crippen LogP) is 3.00. The number of hydrogen-bond acceptors (Lipinski definition) is 3. The molecule has 0 unspecified atom stereocenters. The van der Waals surface area contributed by atoms with Crippen LogP contribution in [0.4, 0.5) is 13.2 Å². The first-order chi connectivity index (χ1) is 8.97. The van der Waals surface area contributed by atoms with E-state index in [1.807, 2.05) is 24.3 Å². The van der Waals surface area contributed by atoms with E-state index in [4.69, 9.17) is 4.74 Å². The van der Waals surface area contributed by atoms with Gasteiger partial charge in [-0.3, -0.25) is 0 Å².